The van der Waals surface area contributed by atoms with Crippen molar-refractivity contribution in [3.63, 3.8) is 0 Å². The minimum Gasteiger partial charge on any atom is -0.508 e. The van der Waals surface area contributed by atoms with E-state index in [9.17, 15) is 22.3 Å². The van der Waals surface area contributed by atoms with Crippen LogP contribution in [0, 0.1) is 0 Å². The number of phenols is 1. The van der Waals surface area contributed by atoms with Gasteiger partial charge in [-0.3, -0.25) is 0 Å². The number of sulfone groups is 1. The van der Waals surface area contributed by atoms with Crippen LogP contribution >= 0.6 is 11.8 Å². The summed E-state index contributed by atoms with van der Waals surface area (Å²) in [5, 5.41) is 9.18. The summed E-state index contributed by atoms with van der Waals surface area (Å²) in [4.78, 5) is 0.464. The highest BCUT2D eigenvalue weighted by atomic mass is 32.2. The van der Waals surface area contributed by atoms with Crippen LogP contribution in [0.2, 0.25) is 0 Å². The van der Waals surface area contributed by atoms with E-state index in [1.807, 2.05) is 0 Å². The van der Waals surface area contributed by atoms with Crippen molar-refractivity contribution in [3.8, 4) is 5.75 Å². The van der Waals surface area contributed by atoms with Gasteiger partial charge in [-0.15, -0.1) is 0 Å². The first-order valence-electron chi connectivity index (χ1n) is 5.49. The minimum atomic E-state index is -4.64. The molecule has 0 aliphatic heterocycles. The van der Waals surface area contributed by atoms with Crippen molar-refractivity contribution in [2.24, 2.45) is 0 Å². The summed E-state index contributed by atoms with van der Waals surface area (Å²) in [6, 6.07) is 11.6. The van der Waals surface area contributed by atoms with Gasteiger partial charge in [0.1, 0.15) is 5.75 Å². The largest absolute Gasteiger partial charge is 0.508 e. The lowest BCUT2D eigenvalue weighted by Crippen LogP contribution is -2.12. The monoisotopic (exact) mass is 316 g/mol. The normalized spacial score (nSPS) is 11.8. The maximum atomic E-state index is 12.6. The molecule has 3 nitrogen and oxygen atoms in total. The standard InChI is InChI=1S/C13H10F2O3S2/c14-13(15)20(17,18)12-4-2-1-3-11(12)19-10-7-5-9(16)6-8-10/h1-8,13,16H. The Morgan fingerprint density at radius 2 is 1.60 bits per heavy atom. The third-order valence-electron chi connectivity index (χ3n) is 2.45. The lowest BCUT2D eigenvalue weighted by atomic mass is 10.3. The van der Waals surface area contributed by atoms with Gasteiger partial charge in [0.15, 0.2) is 0 Å². The van der Waals surface area contributed by atoms with Gasteiger partial charge in [-0.05, 0) is 36.4 Å². The second kappa shape index (κ2) is 5.80. The molecule has 0 aliphatic rings. The van der Waals surface area contributed by atoms with Crippen LogP contribution in [0.1, 0.15) is 0 Å². The molecule has 0 aromatic heterocycles. The van der Waals surface area contributed by atoms with E-state index in [-0.39, 0.29) is 10.6 Å². The topological polar surface area (TPSA) is 54.4 Å². The molecule has 0 aliphatic carbocycles. The Balaban J connectivity index is 2.41. The van der Waals surface area contributed by atoms with Gasteiger partial charge < -0.3 is 5.11 Å². The zero-order valence-corrected chi connectivity index (χ0v) is 11.7. The number of halogens is 2. The predicted octanol–water partition coefficient (Wildman–Crippen LogP) is 3.54. The first-order chi connectivity index (χ1) is 9.41. The van der Waals surface area contributed by atoms with Gasteiger partial charge in [0.25, 0.3) is 0 Å². The summed E-state index contributed by atoms with van der Waals surface area (Å²) in [6.45, 7) is 0. The van der Waals surface area contributed by atoms with E-state index in [1.165, 1.54) is 24.3 Å². The maximum Gasteiger partial charge on any atom is 0.341 e. The lowest BCUT2D eigenvalue weighted by Gasteiger charge is -2.09. The van der Waals surface area contributed by atoms with Gasteiger partial charge in [0, 0.05) is 9.79 Å². The molecule has 0 spiro atoms. The first-order valence-corrected chi connectivity index (χ1v) is 7.85. The van der Waals surface area contributed by atoms with E-state index in [1.54, 1.807) is 18.2 Å². The molecule has 2 rings (SSSR count). The van der Waals surface area contributed by atoms with Gasteiger partial charge in [-0.25, -0.2) is 8.42 Å². The predicted molar refractivity (Wildman–Crippen MR) is 71.9 cm³/mol. The number of aromatic hydroxyl groups is 1. The average Bonchev–Trinajstić information content (AvgIpc) is 2.41. The smallest absolute Gasteiger partial charge is 0.341 e. The number of alkyl halides is 2. The average molecular weight is 316 g/mol. The zero-order valence-electron chi connectivity index (χ0n) is 10.0. The molecular formula is C13H10F2O3S2. The number of benzene rings is 2. The highest BCUT2D eigenvalue weighted by Crippen LogP contribution is 2.35. The van der Waals surface area contributed by atoms with Crippen molar-refractivity contribution in [1.82, 2.24) is 0 Å². The van der Waals surface area contributed by atoms with Crippen LogP contribution in [0.15, 0.2) is 63.2 Å². The lowest BCUT2D eigenvalue weighted by molar-refractivity contribution is 0.234. The Kier molecular flexibility index (Phi) is 4.29. The van der Waals surface area contributed by atoms with Crippen LogP contribution in [0.4, 0.5) is 8.78 Å². The van der Waals surface area contributed by atoms with Crippen LogP contribution in [-0.2, 0) is 9.84 Å². The van der Waals surface area contributed by atoms with Crippen LogP contribution in [0.5, 0.6) is 5.75 Å². The summed E-state index contributed by atoms with van der Waals surface area (Å²) in [5.74, 6) is -3.38. The Bertz CT molecular complexity index is 698. The van der Waals surface area contributed by atoms with E-state index < -0.39 is 20.5 Å². The molecule has 2 aromatic rings. The van der Waals surface area contributed by atoms with E-state index in [4.69, 9.17) is 0 Å². The maximum absolute atomic E-state index is 12.6. The summed E-state index contributed by atoms with van der Waals surface area (Å²) in [7, 11) is -4.64. The molecular weight excluding hydrogens is 306 g/mol. The summed E-state index contributed by atoms with van der Waals surface area (Å²) < 4.78 is 48.5. The molecule has 0 amide bonds. The molecule has 0 radical (unpaired) electrons. The van der Waals surface area contributed by atoms with E-state index in [0.717, 1.165) is 17.8 Å². The molecule has 0 saturated carbocycles. The highest BCUT2D eigenvalue weighted by molar-refractivity contribution is 8.00. The number of hydrogen-bond donors (Lipinski definition) is 1. The van der Waals surface area contributed by atoms with Crippen LogP contribution in [0.3, 0.4) is 0 Å². The van der Waals surface area contributed by atoms with Gasteiger partial charge in [0.2, 0.25) is 9.84 Å². The van der Waals surface area contributed by atoms with Crippen molar-refractivity contribution < 1.29 is 22.3 Å². The molecule has 0 fully saturated rings. The van der Waals surface area contributed by atoms with Crippen molar-refractivity contribution in [1.29, 1.82) is 0 Å². The van der Waals surface area contributed by atoms with Crippen molar-refractivity contribution in [2.75, 3.05) is 0 Å². The van der Waals surface area contributed by atoms with Crippen molar-refractivity contribution >= 4 is 21.6 Å². The fourth-order valence-electron chi connectivity index (χ4n) is 1.51. The number of hydrogen-bond acceptors (Lipinski definition) is 4. The fraction of sp³-hybridized carbons (Fsp3) is 0.0769. The molecule has 7 heteroatoms. The van der Waals surface area contributed by atoms with Crippen molar-refractivity contribution in [3.05, 3.63) is 48.5 Å². The third kappa shape index (κ3) is 3.10. The SMILES string of the molecule is O=S(=O)(c1ccccc1Sc1ccc(O)cc1)C(F)F. The van der Waals surface area contributed by atoms with E-state index in [2.05, 4.69) is 0 Å². The molecule has 1 N–H and O–H groups in total. The zero-order chi connectivity index (χ0) is 14.8. The van der Waals surface area contributed by atoms with Crippen LogP contribution in [-0.4, -0.2) is 19.3 Å². The molecule has 0 bridgehead atoms. The Hall–Kier alpha value is -1.60. The van der Waals surface area contributed by atoms with Crippen LogP contribution < -0.4 is 0 Å². The van der Waals surface area contributed by atoms with Gasteiger partial charge in [-0.1, -0.05) is 23.9 Å². The highest BCUT2D eigenvalue weighted by Gasteiger charge is 2.29. The molecule has 2 aromatic carbocycles. The fourth-order valence-corrected chi connectivity index (χ4v) is 3.63. The number of phenolic OH excluding ortho intramolecular Hbond substituents is 1. The summed E-state index contributed by atoms with van der Waals surface area (Å²) >= 11 is 1.04. The van der Waals surface area contributed by atoms with E-state index in [0.29, 0.717) is 4.90 Å². The molecule has 106 valence electrons. The first kappa shape index (κ1) is 14.8. The van der Waals surface area contributed by atoms with Crippen molar-refractivity contribution in [2.45, 2.75) is 20.4 Å². The second-order valence-electron chi connectivity index (χ2n) is 3.85. The van der Waals surface area contributed by atoms with Gasteiger partial charge >= 0.3 is 5.76 Å². The molecule has 0 heterocycles. The third-order valence-corrected chi connectivity index (χ3v) is 5.11. The Labute approximate surface area is 119 Å². The Morgan fingerprint density at radius 3 is 2.20 bits per heavy atom. The molecule has 0 atom stereocenters. The quantitative estimate of drug-likeness (QED) is 0.937. The summed E-state index contributed by atoms with van der Waals surface area (Å²) in [6.07, 6.45) is 0. The molecule has 0 unspecified atom stereocenters. The minimum absolute atomic E-state index is 0.0721. The van der Waals surface area contributed by atoms with Gasteiger partial charge in [0.05, 0.1) is 4.90 Å². The van der Waals surface area contributed by atoms with Crippen LogP contribution in [0.25, 0.3) is 0 Å². The summed E-state index contributed by atoms with van der Waals surface area (Å²) in [5.41, 5.74) is 0. The van der Waals surface area contributed by atoms with E-state index >= 15 is 0 Å². The molecule has 20 heavy (non-hydrogen) atoms. The molecule has 0 saturated heterocycles. The Morgan fingerprint density at radius 1 is 1.00 bits per heavy atom. The number of rotatable bonds is 4. The second-order valence-corrected chi connectivity index (χ2v) is 6.85. The van der Waals surface area contributed by atoms with Gasteiger partial charge in [-0.2, -0.15) is 8.78 Å².